The maximum Gasteiger partial charge on any atom is 0.305 e. The van der Waals surface area contributed by atoms with Crippen LogP contribution in [0.2, 0.25) is 0 Å². The van der Waals surface area contributed by atoms with Crippen LogP contribution in [0.5, 0.6) is 0 Å². The molecule has 1 amide bonds. The molecule has 63 heavy (non-hydrogen) atoms. The second-order valence-electron chi connectivity index (χ2n) is 19.3. The zero-order valence-electron chi connectivity index (χ0n) is 42.3. The van der Waals surface area contributed by atoms with Crippen molar-refractivity contribution in [3.8, 4) is 0 Å². The Balaban J connectivity index is 3.42. The number of hydrogen-bond acceptors (Lipinski definition) is 5. The number of hydrogen-bond donors (Lipinski definition) is 3. The summed E-state index contributed by atoms with van der Waals surface area (Å²) >= 11 is 0. The van der Waals surface area contributed by atoms with E-state index >= 15 is 0 Å². The van der Waals surface area contributed by atoms with Crippen molar-refractivity contribution in [1.82, 2.24) is 5.32 Å². The Hall–Kier alpha value is -1.66. The summed E-state index contributed by atoms with van der Waals surface area (Å²) in [7, 11) is 0. The second-order valence-corrected chi connectivity index (χ2v) is 19.3. The number of amides is 1. The number of carbonyl (C=O) groups excluding carboxylic acids is 2. The molecule has 0 spiro atoms. The van der Waals surface area contributed by atoms with Gasteiger partial charge < -0.3 is 20.3 Å². The molecule has 0 aromatic carbocycles. The van der Waals surface area contributed by atoms with Gasteiger partial charge in [0.15, 0.2) is 0 Å². The van der Waals surface area contributed by atoms with Gasteiger partial charge in [-0.3, -0.25) is 9.59 Å². The number of nitrogens with one attached hydrogen (secondary N) is 1. The Kier molecular flexibility index (Phi) is 51.6. The highest BCUT2D eigenvalue weighted by molar-refractivity contribution is 5.76. The van der Waals surface area contributed by atoms with Gasteiger partial charge in [0.05, 0.1) is 25.4 Å². The predicted molar refractivity (Wildman–Crippen MR) is 273 cm³/mol. The molecule has 0 saturated heterocycles. The molecule has 0 radical (unpaired) electrons. The van der Waals surface area contributed by atoms with Gasteiger partial charge in [-0.05, 0) is 57.8 Å². The maximum absolute atomic E-state index is 12.4. The quantitative estimate of drug-likeness (QED) is 0.0321. The lowest BCUT2D eigenvalue weighted by atomic mass is 10.0. The van der Waals surface area contributed by atoms with Crippen molar-refractivity contribution >= 4 is 11.9 Å². The van der Waals surface area contributed by atoms with Gasteiger partial charge in [-0.1, -0.05) is 256 Å². The van der Waals surface area contributed by atoms with E-state index in [-0.39, 0.29) is 18.5 Å². The lowest BCUT2D eigenvalue weighted by Gasteiger charge is -2.22. The standard InChI is InChI=1S/C57H109NO5/c1-3-5-7-9-11-13-30-35-39-43-47-51-57(62)63-52-48-44-40-36-32-29-27-25-23-21-19-17-15-16-18-20-22-24-26-28-31-34-38-42-46-50-56(61)58-54(53-59)55(60)49-45-41-37-33-14-12-10-8-6-4-2/h16-19,54-55,59-60H,3-15,20-53H2,1-2H3,(H,58,61)/b18-16-,19-17-. The van der Waals surface area contributed by atoms with Gasteiger partial charge in [0, 0.05) is 12.8 Å². The average Bonchev–Trinajstić information content (AvgIpc) is 3.28. The van der Waals surface area contributed by atoms with E-state index in [0.29, 0.717) is 25.9 Å². The van der Waals surface area contributed by atoms with E-state index in [1.54, 1.807) is 0 Å². The van der Waals surface area contributed by atoms with Crippen molar-refractivity contribution in [3.63, 3.8) is 0 Å². The Labute approximate surface area is 392 Å². The van der Waals surface area contributed by atoms with Crippen LogP contribution in [0.3, 0.4) is 0 Å². The first-order valence-corrected chi connectivity index (χ1v) is 28.1. The van der Waals surface area contributed by atoms with Crippen LogP contribution >= 0.6 is 0 Å². The average molecular weight is 889 g/mol. The number of aliphatic hydroxyl groups excluding tert-OH is 2. The van der Waals surface area contributed by atoms with Gasteiger partial charge in [-0.25, -0.2) is 0 Å². The van der Waals surface area contributed by atoms with Gasteiger partial charge in [0.2, 0.25) is 5.91 Å². The zero-order chi connectivity index (χ0) is 45.8. The summed E-state index contributed by atoms with van der Waals surface area (Å²) in [5, 5.41) is 23.1. The van der Waals surface area contributed by atoms with Crippen molar-refractivity contribution in [2.75, 3.05) is 13.2 Å². The monoisotopic (exact) mass is 888 g/mol. The van der Waals surface area contributed by atoms with Gasteiger partial charge in [0.25, 0.3) is 0 Å². The normalized spacial score (nSPS) is 12.8. The molecule has 0 bridgehead atoms. The highest BCUT2D eigenvalue weighted by atomic mass is 16.5. The highest BCUT2D eigenvalue weighted by Crippen LogP contribution is 2.16. The topological polar surface area (TPSA) is 95.9 Å². The molecule has 6 nitrogen and oxygen atoms in total. The van der Waals surface area contributed by atoms with Gasteiger partial charge >= 0.3 is 5.97 Å². The van der Waals surface area contributed by atoms with E-state index < -0.39 is 12.1 Å². The van der Waals surface area contributed by atoms with Crippen LogP contribution < -0.4 is 5.32 Å². The molecule has 0 aliphatic rings. The van der Waals surface area contributed by atoms with Crippen LogP contribution in [0.25, 0.3) is 0 Å². The zero-order valence-corrected chi connectivity index (χ0v) is 42.3. The minimum atomic E-state index is -0.666. The minimum Gasteiger partial charge on any atom is -0.466 e. The summed E-state index contributed by atoms with van der Waals surface area (Å²) in [6.45, 7) is 4.93. The number of allylic oxidation sites excluding steroid dienone is 4. The fourth-order valence-electron chi connectivity index (χ4n) is 8.67. The maximum atomic E-state index is 12.4. The van der Waals surface area contributed by atoms with Crippen LogP contribution in [0, 0.1) is 0 Å². The van der Waals surface area contributed by atoms with Crippen LogP contribution in [-0.4, -0.2) is 47.4 Å². The molecule has 0 saturated carbocycles. The lowest BCUT2D eigenvalue weighted by Crippen LogP contribution is -2.45. The fourth-order valence-corrected chi connectivity index (χ4v) is 8.67. The summed E-state index contributed by atoms with van der Waals surface area (Å²) in [6, 6.07) is -0.544. The first-order chi connectivity index (χ1) is 31.0. The first kappa shape index (κ1) is 61.3. The molecule has 2 atom stereocenters. The molecular weight excluding hydrogens is 779 g/mol. The van der Waals surface area contributed by atoms with E-state index in [9.17, 15) is 19.8 Å². The number of aliphatic hydroxyl groups is 2. The molecule has 0 fully saturated rings. The molecule has 0 aliphatic carbocycles. The summed E-state index contributed by atoms with van der Waals surface area (Å²) < 4.78 is 5.46. The smallest absolute Gasteiger partial charge is 0.305 e. The number of ether oxygens (including phenoxy) is 1. The van der Waals surface area contributed by atoms with Crippen molar-refractivity contribution in [1.29, 1.82) is 0 Å². The molecule has 2 unspecified atom stereocenters. The third kappa shape index (κ3) is 49.6. The molecule has 372 valence electrons. The van der Waals surface area contributed by atoms with E-state index in [0.717, 1.165) is 44.9 Å². The van der Waals surface area contributed by atoms with Crippen LogP contribution in [0.15, 0.2) is 24.3 Å². The fraction of sp³-hybridized carbons (Fsp3) is 0.895. The van der Waals surface area contributed by atoms with Crippen molar-refractivity contribution in [3.05, 3.63) is 24.3 Å². The van der Waals surface area contributed by atoms with Crippen LogP contribution in [0.1, 0.15) is 303 Å². The summed E-state index contributed by atoms with van der Waals surface area (Å²) in [4.78, 5) is 24.4. The minimum absolute atomic E-state index is 0.00851. The summed E-state index contributed by atoms with van der Waals surface area (Å²) in [5.41, 5.74) is 0. The van der Waals surface area contributed by atoms with Gasteiger partial charge in [-0.2, -0.15) is 0 Å². The first-order valence-electron chi connectivity index (χ1n) is 28.1. The van der Waals surface area contributed by atoms with Crippen LogP contribution in [-0.2, 0) is 14.3 Å². The largest absolute Gasteiger partial charge is 0.466 e. The van der Waals surface area contributed by atoms with E-state index in [2.05, 4.69) is 43.5 Å². The third-order valence-corrected chi connectivity index (χ3v) is 13.0. The molecule has 0 aliphatic heterocycles. The molecule has 0 aromatic rings. The number of carbonyl (C=O) groups is 2. The van der Waals surface area contributed by atoms with Crippen molar-refractivity contribution < 1.29 is 24.5 Å². The predicted octanol–water partition coefficient (Wildman–Crippen LogP) is 17.1. The number of rotatable bonds is 52. The third-order valence-electron chi connectivity index (χ3n) is 13.0. The second kappa shape index (κ2) is 53.0. The molecular formula is C57H109NO5. The summed E-state index contributed by atoms with van der Waals surface area (Å²) in [5.74, 6) is -0.0340. The summed E-state index contributed by atoms with van der Waals surface area (Å²) in [6.07, 6.45) is 63.2. The van der Waals surface area contributed by atoms with Crippen LogP contribution in [0.4, 0.5) is 0 Å². The van der Waals surface area contributed by atoms with Crippen molar-refractivity contribution in [2.24, 2.45) is 0 Å². The Morgan fingerprint density at radius 1 is 0.444 bits per heavy atom. The molecule has 3 N–H and O–H groups in total. The Morgan fingerprint density at radius 2 is 0.794 bits per heavy atom. The lowest BCUT2D eigenvalue weighted by molar-refractivity contribution is -0.143. The van der Waals surface area contributed by atoms with Gasteiger partial charge in [0.1, 0.15) is 0 Å². The Morgan fingerprint density at radius 3 is 1.21 bits per heavy atom. The SMILES string of the molecule is CCCCCCCCCCCCCC(=O)OCCCCCCCCCCC/C=C\C/C=C\CCCCCCCCCCCC(=O)NC(CO)C(O)CCCCCCCCCCCC. The molecule has 6 heteroatoms. The molecule has 0 aromatic heterocycles. The van der Waals surface area contributed by atoms with Gasteiger partial charge in [-0.15, -0.1) is 0 Å². The van der Waals surface area contributed by atoms with E-state index in [1.807, 2.05) is 0 Å². The van der Waals surface area contributed by atoms with Crippen molar-refractivity contribution in [2.45, 2.75) is 315 Å². The molecule has 0 heterocycles. The number of esters is 1. The highest BCUT2D eigenvalue weighted by Gasteiger charge is 2.20. The van der Waals surface area contributed by atoms with E-state index in [1.165, 1.54) is 225 Å². The Bertz CT molecular complexity index is 982. The molecule has 0 rings (SSSR count). The number of unbranched alkanes of at least 4 members (excludes halogenated alkanes) is 37. The van der Waals surface area contributed by atoms with E-state index in [4.69, 9.17) is 4.74 Å².